The second-order valence-electron chi connectivity index (χ2n) is 7.47. The summed E-state index contributed by atoms with van der Waals surface area (Å²) in [6.07, 6.45) is 1.41. The Morgan fingerprint density at radius 3 is 2.39 bits per heavy atom. The van der Waals surface area contributed by atoms with Gasteiger partial charge in [0.25, 0.3) is 11.8 Å². The zero-order valence-electron chi connectivity index (χ0n) is 19.2. The molecule has 0 heterocycles. The molecule has 3 aromatic carbocycles. The van der Waals surface area contributed by atoms with Gasteiger partial charge in [0.15, 0.2) is 18.1 Å². The van der Waals surface area contributed by atoms with E-state index in [9.17, 15) is 14.9 Å². The number of nitrogens with zero attached hydrogens (tertiary/aromatic N) is 1. The number of nitriles is 1. The number of hydrogen-bond donors (Lipinski definition) is 2. The fourth-order valence-corrected chi connectivity index (χ4v) is 3.90. The van der Waals surface area contributed by atoms with Gasteiger partial charge in [0.1, 0.15) is 11.6 Å². The number of carbonyl (C=O) groups is 2. The molecule has 0 unspecified atom stereocenters. The number of rotatable bonds is 8. The number of ether oxygens (including phenoxy) is 2. The first-order chi connectivity index (χ1) is 17.2. The van der Waals surface area contributed by atoms with Crippen molar-refractivity contribution in [3.63, 3.8) is 0 Å². The van der Waals surface area contributed by atoms with Crippen LogP contribution in [0.5, 0.6) is 11.5 Å². The highest BCUT2D eigenvalue weighted by Gasteiger charge is 2.16. The van der Waals surface area contributed by atoms with Crippen LogP contribution in [0.4, 0.5) is 11.4 Å². The van der Waals surface area contributed by atoms with E-state index in [1.807, 2.05) is 13.0 Å². The van der Waals surface area contributed by atoms with Gasteiger partial charge >= 0.3 is 0 Å². The molecule has 0 aliphatic rings. The summed E-state index contributed by atoms with van der Waals surface area (Å²) in [6, 6.07) is 16.8. The van der Waals surface area contributed by atoms with E-state index in [1.165, 1.54) is 13.2 Å². The first-order valence-electron chi connectivity index (χ1n) is 10.4. The zero-order valence-corrected chi connectivity index (χ0v) is 22.3. The summed E-state index contributed by atoms with van der Waals surface area (Å²) >= 11 is 15.4. The Hall–Kier alpha value is -3.51. The maximum Gasteiger partial charge on any atom is 0.266 e. The highest BCUT2D eigenvalue weighted by molar-refractivity contribution is 9.10. The van der Waals surface area contributed by atoms with Crippen LogP contribution < -0.4 is 20.1 Å². The van der Waals surface area contributed by atoms with Crippen molar-refractivity contribution >= 4 is 68.4 Å². The van der Waals surface area contributed by atoms with Crippen molar-refractivity contribution in [1.82, 2.24) is 0 Å². The van der Waals surface area contributed by atoms with Gasteiger partial charge in [-0.2, -0.15) is 5.26 Å². The average Bonchev–Trinajstić information content (AvgIpc) is 2.85. The molecule has 2 amide bonds. The molecule has 0 aliphatic carbocycles. The Labute approximate surface area is 226 Å². The molecule has 3 rings (SSSR count). The maximum absolute atomic E-state index is 12.6. The fraction of sp³-hybridized carbons (Fsp3) is 0.115. The fourth-order valence-electron chi connectivity index (χ4n) is 3.02. The van der Waals surface area contributed by atoms with Gasteiger partial charge in [0.05, 0.1) is 11.6 Å². The highest BCUT2D eigenvalue weighted by Crippen LogP contribution is 2.37. The van der Waals surface area contributed by atoms with Gasteiger partial charge in [-0.3, -0.25) is 9.59 Å². The van der Waals surface area contributed by atoms with E-state index < -0.39 is 11.8 Å². The first kappa shape index (κ1) is 27.1. The molecule has 10 heteroatoms. The van der Waals surface area contributed by atoms with Gasteiger partial charge in [-0.25, -0.2) is 0 Å². The van der Waals surface area contributed by atoms with Crippen LogP contribution in [-0.4, -0.2) is 25.5 Å². The van der Waals surface area contributed by atoms with Crippen LogP contribution in [0.1, 0.15) is 11.1 Å². The lowest BCUT2D eigenvalue weighted by Gasteiger charge is -2.14. The Morgan fingerprint density at radius 2 is 1.75 bits per heavy atom. The molecular formula is C26H20BrCl2N3O4. The lowest BCUT2D eigenvalue weighted by Crippen LogP contribution is -2.20. The number of carbonyl (C=O) groups excluding carboxylic acids is 2. The minimum Gasteiger partial charge on any atom is -0.493 e. The van der Waals surface area contributed by atoms with Gasteiger partial charge in [-0.05, 0) is 88.6 Å². The lowest BCUT2D eigenvalue weighted by molar-refractivity contribution is -0.118. The molecule has 0 saturated carbocycles. The van der Waals surface area contributed by atoms with E-state index in [0.717, 1.165) is 5.56 Å². The summed E-state index contributed by atoms with van der Waals surface area (Å²) < 4.78 is 11.5. The van der Waals surface area contributed by atoms with E-state index in [2.05, 4.69) is 26.6 Å². The number of aryl methyl sites for hydroxylation is 1. The maximum atomic E-state index is 12.6. The monoisotopic (exact) mass is 587 g/mol. The van der Waals surface area contributed by atoms with E-state index in [0.29, 0.717) is 37.2 Å². The van der Waals surface area contributed by atoms with Crippen molar-refractivity contribution in [2.24, 2.45) is 0 Å². The molecule has 0 radical (unpaired) electrons. The quantitative estimate of drug-likeness (QED) is 0.227. The third-order valence-electron chi connectivity index (χ3n) is 4.83. The Balaban J connectivity index is 1.73. The van der Waals surface area contributed by atoms with Crippen molar-refractivity contribution in [2.75, 3.05) is 24.4 Å². The van der Waals surface area contributed by atoms with Crippen molar-refractivity contribution < 1.29 is 19.1 Å². The van der Waals surface area contributed by atoms with E-state index in [-0.39, 0.29) is 17.9 Å². The summed E-state index contributed by atoms with van der Waals surface area (Å²) in [5.41, 5.74) is 2.33. The molecule has 0 bridgehead atoms. The average molecular weight is 589 g/mol. The summed E-state index contributed by atoms with van der Waals surface area (Å²) in [4.78, 5) is 24.9. The topological polar surface area (TPSA) is 100 Å². The number of methoxy groups -OCH3 is 1. The lowest BCUT2D eigenvalue weighted by atomic mass is 10.1. The largest absolute Gasteiger partial charge is 0.493 e. The van der Waals surface area contributed by atoms with Crippen LogP contribution >= 0.6 is 39.1 Å². The Morgan fingerprint density at radius 1 is 1.06 bits per heavy atom. The van der Waals surface area contributed by atoms with Crippen LogP contribution in [0.3, 0.4) is 0 Å². The molecular weight excluding hydrogens is 569 g/mol. The molecule has 0 atom stereocenters. The van der Waals surface area contributed by atoms with E-state index in [1.54, 1.807) is 54.6 Å². The van der Waals surface area contributed by atoms with Crippen molar-refractivity contribution in [3.05, 3.63) is 85.8 Å². The molecule has 0 saturated heterocycles. The summed E-state index contributed by atoms with van der Waals surface area (Å²) in [5.74, 6) is -0.380. The number of amides is 2. The first-order valence-corrected chi connectivity index (χ1v) is 12.0. The molecule has 3 aromatic rings. The Bertz CT molecular complexity index is 1370. The third kappa shape index (κ3) is 7.25. The number of halogens is 3. The molecule has 36 heavy (non-hydrogen) atoms. The van der Waals surface area contributed by atoms with Crippen LogP contribution in [0.2, 0.25) is 10.0 Å². The minimum atomic E-state index is -0.580. The van der Waals surface area contributed by atoms with Crippen molar-refractivity contribution in [2.45, 2.75) is 6.92 Å². The smallest absolute Gasteiger partial charge is 0.266 e. The molecule has 0 fully saturated rings. The summed E-state index contributed by atoms with van der Waals surface area (Å²) in [5, 5.41) is 15.9. The normalized spacial score (nSPS) is 10.8. The summed E-state index contributed by atoms with van der Waals surface area (Å²) in [6.45, 7) is 1.58. The van der Waals surface area contributed by atoms with E-state index >= 15 is 0 Å². The Kier molecular flexibility index (Phi) is 9.37. The van der Waals surface area contributed by atoms with Crippen LogP contribution in [0.15, 0.2) is 64.6 Å². The minimum absolute atomic E-state index is 0.122. The van der Waals surface area contributed by atoms with Gasteiger partial charge in [0, 0.05) is 21.4 Å². The van der Waals surface area contributed by atoms with Crippen LogP contribution in [0.25, 0.3) is 6.08 Å². The summed E-state index contributed by atoms with van der Waals surface area (Å²) in [7, 11) is 1.44. The molecule has 7 nitrogen and oxygen atoms in total. The van der Waals surface area contributed by atoms with Crippen LogP contribution in [-0.2, 0) is 9.59 Å². The third-order valence-corrected chi connectivity index (χ3v) is 6.08. The van der Waals surface area contributed by atoms with Crippen molar-refractivity contribution in [3.8, 4) is 17.6 Å². The number of benzene rings is 3. The van der Waals surface area contributed by atoms with Crippen molar-refractivity contribution in [1.29, 1.82) is 5.26 Å². The second kappa shape index (κ2) is 12.5. The molecule has 2 N–H and O–H groups in total. The standard InChI is InChI=1S/C26H20BrCl2N3O4/c1-15-3-6-20(12-22(15)29)31-24(33)14-36-25-21(27)10-16(11-23(25)35-2)9-17(13-30)26(34)32-19-7-4-18(28)5-8-19/h3-12H,14H2,1-2H3,(H,31,33)(H,32,34)/b17-9-. The molecule has 0 aromatic heterocycles. The van der Waals surface area contributed by atoms with Gasteiger partial charge in [-0.1, -0.05) is 29.3 Å². The predicted octanol–water partition coefficient (Wildman–Crippen LogP) is 6.64. The number of hydrogen-bond acceptors (Lipinski definition) is 5. The highest BCUT2D eigenvalue weighted by atomic mass is 79.9. The molecule has 0 spiro atoms. The van der Waals surface area contributed by atoms with E-state index in [4.69, 9.17) is 32.7 Å². The van der Waals surface area contributed by atoms with Crippen LogP contribution in [0, 0.1) is 18.3 Å². The predicted molar refractivity (Wildman–Crippen MR) is 145 cm³/mol. The molecule has 184 valence electrons. The zero-order chi connectivity index (χ0) is 26.2. The second-order valence-corrected chi connectivity index (χ2v) is 9.16. The number of anilines is 2. The van der Waals surface area contributed by atoms with Gasteiger partial charge < -0.3 is 20.1 Å². The molecule has 0 aliphatic heterocycles. The van der Waals surface area contributed by atoms with Gasteiger partial charge in [0.2, 0.25) is 0 Å². The SMILES string of the molecule is COc1cc(/C=C(/C#N)C(=O)Nc2ccc(Cl)cc2)cc(Br)c1OCC(=O)Nc1ccc(C)c(Cl)c1. The van der Waals surface area contributed by atoms with Gasteiger partial charge in [-0.15, -0.1) is 0 Å². The number of nitrogens with one attached hydrogen (secondary N) is 2.